The molecular weight excluding hydrogens is 220 g/mol. The summed E-state index contributed by atoms with van der Waals surface area (Å²) in [6.07, 6.45) is 3.76. The first-order chi connectivity index (χ1) is 7.77. The molecule has 0 radical (unpaired) electrons. The third-order valence-corrected chi connectivity index (χ3v) is 3.49. The van der Waals surface area contributed by atoms with Gasteiger partial charge in [-0.2, -0.15) is 16.9 Å². The molecule has 1 N–H and O–H groups in total. The van der Waals surface area contributed by atoms with E-state index >= 15 is 0 Å². The molecule has 0 amide bonds. The lowest BCUT2D eigenvalue weighted by Crippen LogP contribution is -2.35. The smallest absolute Gasteiger partial charge is 0.138 e. The molecule has 1 rings (SSSR count). The molecule has 5 heteroatoms. The summed E-state index contributed by atoms with van der Waals surface area (Å²) in [6, 6.07) is 0.507. The molecule has 0 aromatic carbocycles. The highest BCUT2D eigenvalue weighted by Gasteiger charge is 2.11. The normalized spacial score (nSPS) is 12.9. The van der Waals surface area contributed by atoms with E-state index < -0.39 is 0 Å². The van der Waals surface area contributed by atoms with Gasteiger partial charge < -0.3 is 5.32 Å². The number of nitrogens with one attached hydrogen (secondary N) is 1. The third kappa shape index (κ3) is 4.53. The summed E-state index contributed by atoms with van der Waals surface area (Å²) < 4.78 is 1.86. The number of thioether (sulfide) groups is 1. The minimum absolute atomic E-state index is 0.507. The quantitative estimate of drug-likeness (QED) is 0.750. The Labute approximate surface area is 102 Å². The first kappa shape index (κ1) is 13.5. The highest BCUT2D eigenvalue weighted by molar-refractivity contribution is 7.99. The molecule has 0 aliphatic heterocycles. The first-order valence-electron chi connectivity index (χ1n) is 5.91. The van der Waals surface area contributed by atoms with Gasteiger partial charge in [0.2, 0.25) is 0 Å². The number of aromatic nitrogens is 3. The van der Waals surface area contributed by atoms with Crippen molar-refractivity contribution in [1.29, 1.82) is 0 Å². The van der Waals surface area contributed by atoms with Crippen molar-refractivity contribution in [2.24, 2.45) is 7.05 Å². The van der Waals surface area contributed by atoms with E-state index in [0.29, 0.717) is 6.04 Å². The highest BCUT2D eigenvalue weighted by atomic mass is 32.2. The lowest BCUT2D eigenvalue weighted by atomic mass is 10.2. The van der Waals surface area contributed by atoms with Gasteiger partial charge in [-0.25, -0.2) is 4.98 Å². The maximum atomic E-state index is 4.27. The van der Waals surface area contributed by atoms with Crippen molar-refractivity contribution in [3.05, 3.63) is 12.2 Å². The average molecular weight is 242 g/mol. The molecule has 0 bridgehead atoms. The first-order valence-corrected chi connectivity index (χ1v) is 7.07. The Morgan fingerprint density at radius 1 is 1.50 bits per heavy atom. The zero-order valence-corrected chi connectivity index (χ0v) is 11.3. The van der Waals surface area contributed by atoms with E-state index in [1.54, 1.807) is 6.33 Å². The van der Waals surface area contributed by atoms with Crippen LogP contribution < -0.4 is 5.32 Å². The van der Waals surface area contributed by atoms with Gasteiger partial charge in [-0.3, -0.25) is 4.68 Å². The Kier molecular flexibility index (Phi) is 6.49. The fourth-order valence-corrected chi connectivity index (χ4v) is 2.28. The SMILES string of the molecule is CCCNC(CSCC)Cc1ncnn1C. The lowest BCUT2D eigenvalue weighted by Gasteiger charge is -2.17. The van der Waals surface area contributed by atoms with Crippen molar-refractivity contribution in [2.75, 3.05) is 18.1 Å². The standard InChI is InChI=1S/C11H22N4S/c1-4-6-12-10(8-16-5-2)7-11-13-9-14-15(11)3/h9-10,12H,4-8H2,1-3H3. The molecular formula is C11H22N4S. The van der Waals surface area contributed by atoms with Gasteiger partial charge in [-0.15, -0.1) is 0 Å². The van der Waals surface area contributed by atoms with E-state index in [1.165, 1.54) is 12.2 Å². The van der Waals surface area contributed by atoms with Crippen molar-refractivity contribution >= 4 is 11.8 Å². The van der Waals surface area contributed by atoms with Crippen LogP contribution in [0.15, 0.2) is 6.33 Å². The van der Waals surface area contributed by atoms with Crippen molar-refractivity contribution in [3.63, 3.8) is 0 Å². The van der Waals surface area contributed by atoms with Gasteiger partial charge in [0.25, 0.3) is 0 Å². The van der Waals surface area contributed by atoms with Gasteiger partial charge in [0.05, 0.1) is 0 Å². The Morgan fingerprint density at radius 3 is 2.88 bits per heavy atom. The number of rotatable bonds is 8. The summed E-state index contributed by atoms with van der Waals surface area (Å²) in [5, 5.41) is 7.67. The number of hydrogen-bond donors (Lipinski definition) is 1. The summed E-state index contributed by atoms with van der Waals surface area (Å²) in [6.45, 7) is 5.47. The van der Waals surface area contributed by atoms with Gasteiger partial charge in [-0.1, -0.05) is 13.8 Å². The van der Waals surface area contributed by atoms with Gasteiger partial charge in [0.15, 0.2) is 0 Å². The van der Waals surface area contributed by atoms with Crippen LogP contribution >= 0.6 is 11.8 Å². The number of nitrogens with zero attached hydrogens (tertiary/aromatic N) is 3. The Bertz CT molecular complexity index is 279. The molecule has 0 spiro atoms. The zero-order chi connectivity index (χ0) is 11.8. The molecule has 1 unspecified atom stereocenters. The molecule has 1 heterocycles. The molecule has 0 fully saturated rings. The predicted octanol–water partition coefficient (Wildman–Crippen LogP) is 1.48. The maximum Gasteiger partial charge on any atom is 0.138 e. The fourth-order valence-electron chi connectivity index (χ4n) is 1.52. The fraction of sp³-hybridized carbons (Fsp3) is 0.818. The monoisotopic (exact) mass is 242 g/mol. The van der Waals surface area contributed by atoms with Crippen LogP contribution in [0.3, 0.4) is 0 Å². The molecule has 1 aromatic heterocycles. The molecule has 1 aromatic rings. The minimum atomic E-state index is 0.507. The summed E-state index contributed by atoms with van der Waals surface area (Å²) in [5.41, 5.74) is 0. The van der Waals surface area contributed by atoms with E-state index in [4.69, 9.17) is 0 Å². The Balaban J connectivity index is 2.45. The van der Waals surface area contributed by atoms with E-state index in [9.17, 15) is 0 Å². The molecule has 0 aliphatic carbocycles. The summed E-state index contributed by atoms with van der Waals surface area (Å²) in [7, 11) is 1.95. The van der Waals surface area contributed by atoms with Crippen LogP contribution in [-0.2, 0) is 13.5 Å². The molecule has 92 valence electrons. The lowest BCUT2D eigenvalue weighted by molar-refractivity contribution is 0.526. The Morgan fingerprint density at radius 2 is 2.31 bits per heavy atom. The van der Waals surface area contributed by atoms with Gasteiger partial charge in [-0.05, 0) is 18.7 Å². The molecule has 1 atom stereocenters. The van der Waals surface area contributed by atoms with Gasteiger partial charge in [0.1, 0.15) is 12.2 Å². The average Bonchev–Trinajstić information content (AvgIpc) is 2.68. The van der Waals surface area contributed by atoms with Crippen LogP contribution in [0.1, 0.15) is 26.1 Å². The van der Waals surface area contributed by atoms with Crippen LogP contribution in [0.5, 0.6) is 0 Å². The minimum Gasteiger partial charge on any atom is -0.313 e. The number of aryl methyl sites for hydroxylation is 1. The topological polar surface area (TPSA) is 42.7 Å². The molecule has 0 aliphatic rings. The second-order valence-corrected chi connectivity index (χ2v) is 5.13. The molecule has 0 saturated carbocycles. The van der Waals surface area contributed by atoms with Crippen molar-refractivity contribution in [2.45, 2.75) is 32.7 Å². The molecule has 16 heavy (non-hydrogen) atoms. The van der Waals surface area contributed by atoms with E-state index in [2.05, 4.69) is 29.2 Å². The second kappa shape index (κ2) is 7.68. The summed E-state index contributed by atoms with van der Waals surface area (Å²) in [4.78, 5) is 4.27. The predicted molar refractivity (Wildman–Crippen MR) is 69.8 cm³/mol. The van der Waals surface area contributed by atoms with Crippen molar-refractivity contribution < 1.29 is 0 Å². The van der Waals surface area contributed by atoms with Crippen molar-refractivity contribution in [3.8, 4) is 0 Å². The summed E-state index contributed by atoms with van der Waals surface area (Å²) >= 11 is 1.97. The van der Waals surface area contributed by atoms with Crippen LogP contribution in [0.2, 0.25) is 0 Å². The van der Waals surface area contributed by atoms with E-state index in [-0.39, 0.29) is 0 Å². The van der Waals surface area contributed by atoms with Gasteiger partial charge >= 0.3 is 0 Å². The van der Waals surface area contributed by atoms with Crippen LogP contribution in [0.25, 0.3) is 0 Å². The second-order valence-electron chi connectivity index (χ2n) is 3.81. The number of hydrogen-bond acceptors (Lipinski definition) is 4. The summed E-state index contributed by atoms with van der Waals surface area (Å²) in [5.74, 6) is 3.37. The molecule has 4 nitrogen and oxygen atoms in total. The van der Waals surface area contributed by atoms with Crippen LogP contribution in [0, 0.1) is 0 Å². The van der Waals surface area contributed by atoms with Crippen molar-refractivity contribution in [1.82, 2.24) is 20.1 Å². The zero-order valence-electron chi connectivity index (χ0n) is 10.4. The van der Waals surface area contributed by atoms with Gasteiger partial charge in [0, 0.05) is 25.3 Å². The van der Waals surface area contributed by atoms with E-state index in [1.807, 2.05) is 23.5 Å². The highest BCUT2D eigenvalue weighted by Crippen LogP contribution is 2.06. The van der Waals surface area contributed by atoms with Crippen LogP contribution in [-0.4, -0.2) is 38.9 Å². The molecule has 0 saturated heterocycles. The Hall–Kier alpha value is -0.550. The van der Waals surface area contributed by atoms with E-state index in [0.717, 1.165) is 24.5 Å². The van der Waals surface area contributed by atoms with Crippen LogP contribution in [0.4, 0.5) is 0 Å². The maximum absolute atomic E-state index is 4.27. The third-order valence-electron chi connectivity index (χ3n) is 2.44. The largest absolute Gasteiger partial charge is 0.313 e.